The number of carbonyl (C=O) groups excluding carboxylic acids is 2. The Kier molecular flexibility index (Phi) is 4.35. The number of imide groups is 1. The number of nitrogens with one attached hydrogen (secondary N) is 1. The van der Waals surface area contributed by atoms with Crippen LogP contribution in [0.2, 0.25) is 0 Å². The lowest BCUT2D eigenvalue weighted by Gasteiger charge is -2.17. The summed E-state index contributed by atoms with van der Waals surface area (Å²) in [5.41, 5.74) is -0.271. The van der Waals surface area contributed by atoms with Crippen LogP contribution in [0.15, 0.2) is 23.3 Å². The van der Waals surface area contributed by atoms with Crippen LogP contribution in [0.4, 0.5) is 4.79 Å². The van der Waals surface area contributed by atoms with Crippen LogP contribution in [0.5, 0.6) is 11.5 Å². The Morgan fingerprint density at radius 2 is 2.05 bits per heavy atom. The predicted molar refractivity (Wildman–Crippen MR) is 81.2 cm³/mol. The maximum atomic E-state index is 12.2. The topological polar surface area (TPSA) is 80.2 Å². The summed E-state index contributed by atoms with van der Waals surface area (Å²) in [5, 5.41) is 7.46. The minimum absolute atomic E-state index is 0.372. The van der Waals surface area contributed by atoms with Gasteiger partial charge in [-0.05, 0) is 25.5 Å². The Bertz CT molecular complexity index is 629. The first-order chi connectivity index (χ1) is 10.4. The Morgan fingerprint density at radius 1 is 1.32 bits per heavy atom. The molecule has 0 radical (unpaired) electrons. The van der Waals surface area contributed by atoms with Crippen molar-refractivity contribution >= 4 is 18.2 Å². The van der Waals surface area contributed by atoms with Gasteiger partial charge in [0.1, 0.15) is 17.0 Å². The third kappa shape index (κ3) is 2.74. The van der Waals surface area contributed by atoms with E-state index in [9.17, 15) is 9.59 Å². The van der Waals surface area contributed by atoms with Crippen molar-refractivity contribution in [2.45, 2.75) is 25.8 Å². The van der Waals surface area contributed by atoms with E-state index >= 15 is 0 Å². The number of methoxy groups -OCH3 is 2. The van der Waals surface area contributed by atoms with E-state index in [2.05, 4.69) is 10.4 Å². The number of carbonyl (C=O) groups is 2. The van der Waals surface area contributed by atoms with E-state index in [4.69, 9.17) is 9.47 Å². The molecule has 22 heavy (non-hydrogen) atoms. The van der Waals surface area contributed by atoms with Gasteiger partial charge in [0.15, 0.2) is 0 Å². The van der Waals surface area contributed by atoms with Gasteiger partial charge in [0.25, 0.3) is 5.91 Å². The highest BCUT2D eigenvalue weighted by Gasteiger charge is 2.46. The standard InChI is InChI=1S/C15H19N3O4/c1-5-15(2)13(19)18(14(20)17-15)16-9-10-6-7-11(21-3)8-12(10)22-4/h6-9H,5H2,1-4H3,(H,17,20)/b16-9-/t15-/m1/s1. The first kappa shape index (κ1) is 15.8. The normalized spacial score (nSPS) is 21.4. The fraction of sp³-hybridized carbons (Fsp3) is 0.400. The zero-order valence-corrected chi connectivity index (χ0v) is 13.0. The van der Waals surface area contributed by atoms with Crippen LogP contribution in [0.3, 0.4) is 0 Å². The molecule has 1 aromatic carbocycles. The van der Waals surface area contributed by atoms with Crippen molar-refractivity contribution in [3.05, 3.63) is 23.8 Å². The van der Waals surface area contributed by atoms with Crippen LogP contribution in [-0.4, -0.2) is 42.9 Å². The molecule has 1 atom stereocenters. The van der Waals surface area contributed by atoms with Crippen LogP contribution in [0.1, 0.15) is 25.8 Å². The van der Waals surface area contributed by atoms with E-state index in [0.29, 0.717) is 23.5 Å². The average Bonchev–Trinajstić information content (AvgIpc) is 2.75. The van der Waals surface area contributed by atoms with Crippen molar-refractivity contribution in [3.63, 3.8) is 0 Å². The highest BCUT2D eigenvalue weighted by atomic mass is 16.5. The SMILES string of the molecule is CC[C@@]1(C)NC(=O)N(/N=C\c2ccc(OC)cc2OC)C1=O. The van der Waals surface area contributed by atoms with Gasteiger partial charge in [-0.2, -0.15) is 5.10 Å². The maximum Gasteiger partial charge on any atom is 0.346 e. The van der Waals surface area contributed by atoms with Crippen molar-refractivity contribution in [1.29, 1.82) is 0 Å². The van der Waals surface area contributed by atoms with Crippen LogP contribution in [0.25, 0.3) is 0 Å². The second-order valence-corrected chi connectivity index (χ2v) is 5.09. The Balaban J connectivity index is 2.26. The zero-order chi connectivity index (χ0) is 16.3. The van der Waals surface area contributed by atoms with Gasteiger partial charge in [0.2, 0.25) is 0 Å². The molecule has 0 unspecified atom stereocenters. The van der Waals surface area contributed by atoms with Crippen molar-refractivity contribution in [3.8, 4) is 11.5 Å². The number of ether oxygens (including phenoxy) is 2. The second kappa shape index (κ2) is 6.05. The maximum absolute atomic E-state index is 12.2. The molecule has 118 valence electrons. The molecule has 1 saturated heterocycles. The van der Waals surface area contributed by atoms with Gasteiger partial charge >= 0.3 is 6.03 Å². The summed E-state index contributed by atoms with van der Waals surface area (Å²) in [6.45, 7) is 3.51. The van der Waals surface area contributed by atoms with Gasteiger partial charge in [-0.25, -0.2) is 4.79 Å². The summed E-state index contributed by atoms with van der Waals surface area (Å²) < 4.78 is 10.4. The zero-order valence-electron chi connectivity index (χ0n) is 13.0. The summed E-state index contributed by atoms with van der Waals surface area (Å²) >= 11 is 0. The molecule has 0 bridgehead atoms. The van der Waals surface area contributed by atoms with Crippen LogP contribution in [-0.2, 0) is 4.79 Å². The molecule has 0 saturated carbocycles. The smallest absolute Gasteiger partial charge is 0.346 e. The van der Waals surface area contributed by atoms with E-state index in [1.165, 1.54) is 13.3 Å². The first-order valence-corrected chi connectivity index (χ1v) is 6.88. The molecule has 0 aromatic heterocycles. The highest BCUT2D eigenvalue weighted by Crippen LogP contribution is 2.24. The summed E-state index contributed by atoms with van der Waals surface area (Å²) in [6.07, 6.45) is 1.91. The molecule has 7 heteroatoms. The highest BCUT2D eigenvalue weighted by molar-refractivity contribution is 6.07. The van der Waals surface area contributed by atoms with Crippen molar-refractivity contribution < 1.29 is 19.1 Å². The van der Waals surface area contributed by atoms with Crippen molar-refractivity contribution in [2.75, 3.05) is 14.2 Å². The number of benzene rings is 1. The number of hydrogen-bond acceptors (Lipinski definition) is 5. The molecular weight excluding hydrogens is 286 g/mol. The molecule has 0 aliphatic carbocycles. The Hall–Kier alpha value is -2.57. The van der Waals surface area contributed by atoms with Crippen molar-refractivity contribution in [1.82, 2.24) is 10.3 Å². The van der Waals surface area contributed by atoms with Gasteiger partial charge in [-0.3, -0.25) is 4.79 Å². The van der Waals surface area contributed by atoms with E-state index in [-0.39, 0.29) is 5.91 Å². The third-order valence-corrected chi connectivity index (χ3v) is 3.70. The number of hydrogen-bond donors (Lipinski definition) is 1. The largest absolute Gasteiger partial charge is 0.497 e. The number of amides is 3. The molecule has 1 heterocycles. The van der Waals surface area contributed by atoms with Crippen molar-refractivity contribution in [2.24, 2.45) is 5.10 Å². The average molecular weight is 305 g/mol. The first-order valence-electron chi connectivity index (χ1n) is 6.88. The van der Waals surface area contributed by atoms with Crippen LogP contribution < -0.4 is 14.8 Å². The van der Waals surface area contributed by atoms with E-state index in [0.717, 1.165) is 5.01 Å². The van der Waals surface area contributed by atoms with Gasteiger partial charge in [-0.1, -0.05) is 6.92 Å². The van der Waals surface area contributed by atoms with Gasteiger partial charge in [0.05, 0.1) is 20.4 Å². The summed E-state index contributed by atoms with van der Waals surface area (Å²) in [7, 11) is 3.08. The molecule has 1 N–H and O–H groups in total. The quantitative estimate of drug-likeness (QED) is 0.664. The van der Waals surface area contributed by atoms with Crippen LogP contribution >= 0.6 is 0 Å². The molecule has 7 nitrogen and oxygen atoms in total. The summed E-state index contributed by atoms with van der Waals surface area (Å²) in [4.78, 5) is 24.1. The lowest BCUT2D eigenvalue weighted by Crippen LogP contribution is -2.42. The fourth-order valence-electron chi connectivity index (χ4n) is 2.06. The van der Waals surface area contributed by atoms with Gasteiger partial charge in [-0.15, -0.1) is 5.01 Å². The predicted octanol–water partition coefficient (Wildman–Crippen LogP) is 1.76. The number of rotatable bonds is 5. The molecule has 1 aliphatic heterocycles. The second-order valence-electron chi connectivity index (χ2n) is 5.09. The van der Waals surface area contributed by atoms with E-state index in [1.54, 1.807) is 32.2 Å². The monoisotopic (exact) mass is 305 g/mol. The number of hydrazone groups is 1. The fourth-order valence-corrected chi connectivity index (χ4v) is 2.06. The Labute approximate surface area is 128 Å². The molecule has 1 aromatic rings. The molecule has 1 fully saturated rings. The third-order valence-electron chi connectivity index (χ3n) is 3.70. The van der Waals surface area contributed by atoms with Gasteiger partial charge in [0, 0.05) is 11.6 Å². The number of urea groups is 1. The molecule has 2 rings (SSSR count). The molecule has 0 spiro atoms. The summed E-state index contributed by atoms with van der Waals surface area (Å²) in [6, 6.07) is 4.64. The molecule has 3 amide bonds. The summed E-state index contributed by atoms with van der Waals surface area (Å²) in [5.74, 6) is 0.805. The van der Waals surface area contributed by atoms with E-state index < -0.39 is 11.6 Å². The lowest BCUT2D eigenvalue weighted by atomic mass is 10.00. The minimum atomic E-state index is -0.904. The molecular formula is C15H19N3O4. The van der Waals surface area contributed by atoms with Gasteiger partial charge < -0.3 is 14.8 Å². The Morgan fingerprint density at radius 3 is 2.59 bits per heavy atom. The van der Waals surface area contributed by atoms with Crippen LogP contribution in [0, 0.1) is 0 Å². The minimum Gasteiger partial charge on any atom is -0.497 e. The lowest BCUT2D eigenvalue weighted by molar-refractivity contribution is -0.130. The van der Waals surface area contributed by atoms with E-state index in [1.807, 2.05) is 6.92 Å². The molecule has 1 aliphatic rings. The number of nitrogens with zero attached hydrogens (tertiary/aromatic N) is 2.